The Bertz CT molecular complexity index is 799. The molecule has 1 fully saturated rings. The van der Waals surface area contributed by atoms with Gasteiger partial charge in [0.25, 0.3) is 0 Å². The second kappa shape index (κ2) is 11.4. The van der Waals surface area contributed by atoms with Gasteiger partial charge in [-0.25, -0.2) is 4.98 Å². The third kappa shape index (κ3) is 6.87. The SMILES string of the molecule is CN=C(NCC(C)c1cccc(C)c1)NC1CCN(c2cccc(C)n2)CC1.I. The van der Waals surface area contributed by atoms with Gasteiger partial charge in [0, 0.05) is 38.4 Å². The highest BCUT2D eigenvalue weighted by Gasteiger charge is 2.21. The van der Waals surface area contributed by atoms with E-state index in [0.717, 1.165) is 49.9 Å². The second-order valence-corrected chi connectivity index (χ2v) is 7.81. The molecule has 0 bridgehead atoms. The Hall–Kier alpha value is -1.83. The maximum atomic E-state index is 4.65. The molecule has 1 aromatic heterocycles. The van der Waals surface area contributed by atoms with Crippen molar-refractivity contribution < 1.29 is 0 Å². The first-order valence-electron chi connectivity index (χ1n) is 10.3. The van der Waals surface area contributed by atoms with Crippen LogP contribution in [0.15, 0.2) is 47.5 Å². The summed E-state index contributed by atoms with van der Waals surface area (Å²) in [7, 11) is 1.85. The van der Waals surface area contributed by atoms with Crippen molar-refractivity contribution in [1.82, 2.24) is 15.6 Å². The predicted octanol–water partition coefficient (Wildman–Crippen LogP) is 4.25. The van der Waals surface area contributed by atoms with Crippen LogP contribution >= 0.6 is 24.0 Å². The highest BCUT2D eigenvalue weighted by Crippen LogP contribution is 2.18. The molecule has 5 nitrogen and oxygen atoms in total. The molecule has 0 amide bonds. The lowest BCUT2D eigenvalue weighted by molar-refractivity contribution is 0.459. The van der Waals surface area contributed by atoms with Gasteiger partial charge in [-0.05, 0) is 50.3 Å². The Morgan fingerprint density at radius 2 is 1.90 bits per heavy atom. The molecule has 2 N–H and O–H groups in total. The number of aryl methyl sites for hydroxylation is 2. The molecule has 2 heterocycles. The number of piperidine rings is 1. The fourth-order valence-electron chi connectivity index (χ4n) is 3.69. The van der Waals surface area contributed by atoms with E-state index in [0.29, 0.717) is 12.0 Å². The van der Waals surface area contributed by atoms with Crippen LogP contribution in [0.1, 0.15) is 42.5 Å². The molecule has 3 rings (SSSR count). The van der Waals surface area contributed by atoms with Crippen LogP contribution in [0.3, 0.4) is 0 Å². The number of pyridine rings is 1. The van der Waals surface area contributed by atoms with Crippen LogP contribution in [0.2, 0.25) is 0 Å². The Balaban J connectivity index is 0.00000300. The van der Waals surface area contributed by atoms with Crippen LogP contribution in [-0.2, 0) is 0 Å². The minimum absolute atomic E-state index is 0. The first-order valence-corrected chi connectivity index (χ1v) is 10.3. The minimum atomic E-state index is 0. The van der Waals surface area contributed by atoms with Crippen LogP contribution < -0.4 is 15.5 Å². The summed E-state index contributed by atoms with van der Waals surface area (Å²) in [4.78, 5) is 11.5. The number of nitrogens with zero attached hydrogens (tertiary/aromatic N) is 3. The van der Waals surface area contributed by atoms with E-state index >= 15 is 0 Å². The molecule has 29 heavy (non-hydrogen) atoms. The monoisotopic (exact) mass is 507 g/mol. The number of nitrogens with one attached hydrogen (secondary N) is 2. The number of aromatic nitrogens is 1. The average Bonchev–Trinajstić information content (AvgIpc) is 2.71. The maximum absolute atomic E-state index is 4.65. The molecule has 1 saturated heterocycles. The molecule has 1 aliphatic heterocycles. The number of aliphatic imine (C=N–C) groups is 1. The fraction of sp³-hybridized carbons (Fsp3) is 0.478. The van der Waals surface area contributed by atoms with Crippen LogP contribution in [-0.4, -0.2) is 43.7 Å². The molecule has 2 aromatic rings. The molecule has 0 radical (unpaired) electrons. The van der Waals surface area contributed by atoms with Crippen molar-refractivity contribution in [3.63, 3.8) is 0 Å². The van der Waals surface area contributed by atoms with E-state index in [1.54, 1.807) is 0 Å². The van der Waals surface area contributed by atoms with Gasteiger partial charge in [0.1, 0.15) is 5.82 Å². The second-order valence-electron chi connectivity index (χ2n) is 7.81. The quantitative estimate of drug-likeness (QED) is 0.361. The highest BCUT2D eigenvalue weighted by molar-refractivity contribution is 14.0. The fourth-order valence-corrected chi connectivity index (χ4v) is 3.69. The summed E-state index contributed by atoms with van der Waals surface area (Å²) < 4.78 is 0. The van der Waals surface area contributed by atoms with E-state index < -0.39 is 0 Å². The molecule has 0 aliphatic carbocycles. The molecule has 6 heteroatoms. The lowest BCUT2D eigenvalue weighted by atomic mass is 9.99. The third-order valence-electron chi connectivity index (χ3n) is 5.44. The van der Waals surface area contributed by atoms with Crippen molar-refractivity contribution in [2.24, 2.45) is 4.99 Å². The molecule has 1 aliphatic rings. The van der Waals surface area contributed by atoms with Crippen molar-refractivity contribution >= 4 is 35.8 Å². The largest absolute Gasteiger partial charge is 0.356 e. The summed E-state index contributed by atoms with van der Waals surface area (Å²) in [6, 6.07) is 15.4. The van der Waals surface area contributed by atoms with Gasteiger partial charge < -0.3 is 15.5 Å². The van der Waals surface area contributed by atoms with Crippen molar-refractivity contribution in [3.8, 4) is 0 Å². The van der Waals surface area contributed by atoms with Gasteiger partial charge in [0.2, 0.25) is 0 Å². The van der Waals surface area contributed by atoms with Crippen LogP contribution in [0.25, 0.3) is 0 Å². The smallest absolute Gasteiger partial charge is 0.191 e. The van der Waals surface area contributed by atoms with E-state index in [4.69, 9.17) is 0 Å². The van der Waals surface area contributed by atoms with Gasteiger partial charge in [-0.2, -0.15) is 0 Å². The highest BCUT2D eigenvalue weighted by atomic mass is 127. The average molecular weight is 507 g/mol. The molecule has 158 valence electrons. The summed E-state index contributed by atoms with van der Waals surface area (Å²) >= 11 is 0. The number of hydrogen-bond donors (Lipinski definition) is 2. The van der Waals surface area contributed by atoms with Gasteiger partial charge in [-0.15, -0.1) is 24.0 Å². The zero-order valence-corrected chi connectivity index (χ0v) is 20.3. The molecule has 1 aromatic carbocycles. The minimum Gasteiger partial charge on any atom is -0.356 e. The molecule has 0 saturated carbocycles. The number of guanidine groups is 1. The number of anilines is 1. The van der Waals surface area contributed by atoms with Crippen molar-refractivity contribution in [1.29, 1.82) is 0 Å². The van der Waals surface area contributed by atoms with Crippen molar-refractivity contribution in [2.45, 2.75) is 45.6 Å². The lowest BCUT2D eigenvalue weighted by Gasteiger charge is -2.34. The van der Waals surface area contributed by atoms with Crippen LogP contribution in [0, 0.1) is 13.8 Å². The Kier molecular flexibility index (Phi) is 9.20. The lowest BCUT2D eigenvalue weighted by Crippen LogP contribution is -2.49. The molecule has 0 spiro atoms. The van der Waals surface area contributed by atoms with Gasteiger partial charge in [-0.3, -0.25) is 4.99 Å². The van der Waals surface area contributed by atoms with E-state index in [1.807, 2.05) is 20.0 Å². The van der Waals surface area contributed by atoms with E-state index in [2.05, 4.69) is 75.8 Å². The van der Waals surface area contributed by atoms with Gasteiger partial charge in [-0.1, -0.05) is 42.8 Å². The summed E-state index contributed by atoms with van der Waals surface area (Å²) in [5, 5.41) is 7.10. The number of halogens is 1. The standard InChI is InChI=1S/C23H33N5.HI/c1-17-7-5-9-20(15-17)18(2)16-25-23(24-4)27-21-11-13-28(14-12-21)22-10-6-8-19(3)26-22;/h5-10,15,18,21H,11-14,16H2,1-4H3,(H2,24,25,27);1H. The van der Waals surface area contributed by atoms with Gasteiger partial charge in [0.15, 0.2) is 5.96 Å². The van der Waals surface area contributed by atoms with E-state index in [1.165, 1.54) is 11.1 Å². The summed E-state index contributed by atoms with van der Waals surface area (Å²) in [6.45, 7) is 9.35. The van der Waals surface area contributed by atoms with Gasteiger partial charge >= 0.3 is 0 Å². The summed E-state index contributed by atoms with van der Waals surface area (Å²) in [5.74, 6) is 2.42. The zero-order chi connectivity index (χ0) is 19.9. The Labute approximate surface area is 192 Å². The molecular weight excluding hydrogens is 473 g/mol. The normalized spacial score (nSPS) is 16.1. The van der Waals surface area contributed by atoms with Crippen LogP contribution in [0.4, 0.5) is 5.82 Å². The Morgan fingerprint density at radius 3 is 2.55 bits per heavy atom. The summed E-state index contributed by atoms with van der Waals surface area (Å²) in [5.41, 5.74) is 3.74. The van der Waals surface area contributed by atoms with E-state index in [-0.39, 0.29) is 24.0 Å². The molecule has 1 atom stereocenters. The van der Waals surface area contributed by atoms with Crippen molar-refractivity contribution in [3.05, 3.63) is 59.3 Å². The molecule has 1 unspecified atom stereocenters. The summed E-state index contributed by atoms with van der Waals surface area (Å²) in [6.07, 6.45) is 2.17. The predicted molar refractivity (Wildman–Crippen MR) is 134 cm³/mol. The number of rotatable bonds is 5. The number of benzene rings is 1. The Morgan fingerprint density at radius 1 is 1.17 bits per heavy atom. The first kappa shape index (κ1) is 23.4. The topological polar surface area (TPSA) is 52.6 Å². The van der Waals surface area contributed by atoms with E-state index in [9.17, 15) is 0 Å². The first-order chi connectivity index (χ1) is 13.5. The number of hydrogen-bond acceptors (Lipinski definition) is 3. The maximum Gasteiger partial charge on any atom is 0.191 e. The van der Waals surface area contributed by atoms with Gasteiger partial charge in [0.05, 0.1) is 0 Å². The third-order valence-corrected chi connectivity index (χ3v) is 5.44. The molecular formula is C23H34IN5. The van der Waals surface area contributed by atoms with Crippen LogP contribution in [0.5, 0.6) is 0 Å². The zero-order valence-electron chi connectivity index (χ0n) is 18.0. The van der Waals surface area contributed by atoms with Crippen molar-refractivity contribution in [2.75, 3.05) is 31.6 Å².